The number of piperazine rings is 1. The molecule has 3 aromatic carbocycles. The summed E-state index contributed by atoms with van der Waals surface area (Å²) in [5, 5.41) is 3.34. The largest absolute Gasteiger partial charge is 0.345 e. The van der Waals surface area contributed by atoms with E-state index in [0.29, 0.717) is 5.92 Å². The summed E-state index contributed by atoms with van der Waals surface area (Å²) < 4.78 is 1.24. The van der Waals surface area contributed by atoms with Gasteiger partial charge in [0.05, 0.1) is 10.2 Å². The van der Waals surface area contributed by atoms with E-state index in [2.05, 4.69) is 49.1 Å². The molecule has 5 heteroatoms. The van der Waals surface area contributed by atoms with Crippen molar-refractivity contribution >= 4 is 43.4 Å². The molecule has 152 valence electrons. The Kier molecular flexibility index (Phi) is 4.91. The SMILES string of the molecule is CC(C)c1cccc2sc(N3CCN(C(=O)c4ccc5ccccc5c4)CC3)nc12. The number of nitrogens with zero attached hydrogens (tertiary/aromatic N) is 3. The molecule has 0 atom stereocenters. The van der Waals surface area contributed by atoms with Gasteiger partial charge < -0.3 is 9.80 Å². The Morgan fingerprint density at radius 3 is 2.47 bits per heavy atom. The number of para-hydroxylation sites is 1. The van der Waals surface area contributed by atoms with Gasteiger partial charge in [0.1, 0.15) is 0 Å². The molecule has 4 nitrogen and oxygen atoms in total. The van der Waals surface area contributed by atoms with Gasteiger partial charge in [0.2, 0.25) is 0 Å². The van der Waals surface area contributed by atoms with Crippen molar-refractivity contribution in [1.82, 2.24) is 9.88 Å². The van der Waals surface area contributed by atoms with Gasteiger partial charge in [-0.05, 0) is 40.5 Å². The minimum Gasteiger partial charge on any atom is -0.345 e. The van der Waals surface area contributed by atoms with Crippen LogP contribution in [0.4, 0.5) is 5.13 Å². The topological polar surface area (TPSA) is 36.4 Å². The predicted molar refractivity (Wildman–Crippen MR) is 126 cm³/mol. The quantitative estimate of drug-likeness (QED) is 0.441. The minimum absolute atomic E-state index is 0.117. The molecule has 1 aliphatic heterocycles. The molecule has 1 saturated heterocycles. The summed E-state index contributed by atoms with van der Waals surface area (Å²) in [6.45, 7) is 7.50. The molecule has 2 heterocycles. The molecule has 1 aromatic heterocycles. The van der Waals surface area contributed by atoms with Crippen molar-refractivity contribution < 1.29 is 4.79 Å². The molecular formula is C25H25N3OS. The number of hydrogen-bond donors (Lipinski definition) is 0. The standard InChI is InChI=1S/C25H25N3OS/c1-17(2)21-8-5-9-22-23(21)26-25(30-22)28-14-12-27(13-15-28)24(29)20-11-10-18-6-3-4-7-19(18)16-20/h3-11,16-17H,12-15H2,1-2H3. The number of anilines is 1. The number of rotatable bonds is 3. The number of fused-ring (bicyclic) bond motifs is 2. The maximum absolute atomic E-state index is 13.0. The average molecular weight is 416 g/mol. The van der Waals surface area contributed by atoms with Crippen LogP contribution in [0.15, 0.2) is 60.7 Å². The Morgan fingerprint density at radius 1 is 0.933 bits per heavy atom. The van der Waals surface area contributed by atoms with Crippen molar-refractivity contribution in [3.8, 4) is 0 Å². The van der Waals surface area contributed by atoms with E-state index < -0.39 is 0 Å². The van der Waals surface area contributed by atoms with Crippen molar-refractivity contribution in [2.75, 3.05) is 31.1 Å². The van der Waals surface area contributed by atoms with Gasteiger partial charge in [0.25, 0.3) is 5.91 Å². The smallest absolute Gasteiger partial charge is 0.253 e. The van der Waals surface area contributed by atoms with Gasteiger partial charge in [-0.25, -0.2) is 4.98 Å². The van der Waals surface area contributed by atoms with Crippen LogP contribution in [0.25, 0.3) is 21.0 Å². The molecule has 5 rings (SSSR count). The van der Waals surface area contributed by atoms with Crippen LogP contribution in [0.1, 0.15) is 35.7 Å². The second-order valence-electron chi connectivity index (χ2n) is 8.19. The van der Waals surface area contributed by atoms with Gasteiger partial charge in [-0.1, -0.05) is 67.6 Å². The maximum Gasteiger partial charge on any atom is 0.253 e. The molecule has 1 aliphatic rings. The highest BCUT2D eigenvalue weighted by atomic mass is 32.1. The van der Waals surface area contributed by atoms with Crippen molar-refractivity contribution in [3.05, 3.63) is 71.8 Å². The van der Waals surface area contributed by atoms with E-state index in [1.807, 2.05) is 35.2 Å². The zero-order chi connectivity index (χ0) is 20.7. The summed E-state index contributed by atoms with van der Waals surface area (Å²) in [6.07, 6.45) is 0. The molecule has 0 N–H and O–H groups in total. The molecule has 1 fully saturated rings. The molecule has 0 saturated carbocycles. The zero-order valence-corrected chi connectivity index (χ0v) is 18.2. The fraction of sp³-hybridized carbons (Fsp3) is 0.280. The van der Waals surface area contributed by atoms with Crippen LogP contribution in [0.3, 0.4) is 0 Å². The van der Waals surface area contributed by atoms with Crippen molar-refractivity contribution in [1.29, 1.82) is 0 Å². The lowest BCUT2D eigenvalue weighted by Gasteiger charge is -2.34. The fourth-order valence-electron chi connectivity index (χ4n) is 4.17. The van der Waals surface area contributed by atoms with E-state index in [0.717, 1.165) is 53.2 Å². The number of benzene rings is 3. The summed E-state index contributed by atoms with van der Waals surface area (Å²) >= 11 is 1.75. The summed E-state index contributed by atoms with van der Waals surface area (Å²) in [5.74, 6) is 0.576. The normalized spacial score (nSPS) is 14.8. The molecule has 0 unspecified atom stereocenters. The molecular weight excluding hydrogens is 390 g/mol. The van der Waals surface area contributed by atoms with Gasteiger partial charge >= 0.3 is 0 Å². The Balaban J connectivity index is 1.31. The molecule has 0 bridgehead atoms. The first-order chi connectivity index (χ1) is 14.6. The van der Waals surface area contributed by atoms with Crippen LogP contribution in [0.5, 0.6) is 0 Å². The third kappa shape index (κ3) is 3.43. The third-order valence-corrected chi connectivity index (χ3v) is 6.98. The van der Waals surface area contributed by atoms with Crippen molar-refractivity contribution in [2.24, 2.45) is 0 Å². The molecule has 1 amide bonds. The highest BCUT2D eigenvalue weighted by Gasteiger charge is 2.24. The summed E-state index contributed by atoms with van der Waals surface area (Å²) in [7, 11) is 0. The van der Waals surface area contributed by atoms with Gasteiger partial charge in [-0.2, -0.15) is 0 Å². The van der Waals surface area contributed by atoms with Crippen LogP contribution in [0.2, 0.25) is 0 Å². The molecule has 0 spiro atoms. The lowest BCUT2D eigenvalue weighted by molar-refractivity contribution is 0.0747. The Hall–Kier alpha value is -2.92. The third-order valence-electron chi connectivity index (χ3n) is 5.89. The number of carbonyl (C=O) groups is 1. The van der Waals surface area contributed by atoms with E-state index in [9.17, 15) is 4.79 Å². The first-order valence-corrected chi connectivity index (χ1v) is 11.3. The highest BCUT2D eigenvalue weighted by Crippen LogP contribution is 2.33. The average Bonchev–Trinajstić information content (AvgIpc) is 3.22. The first kappa shape index (κ1) is 19.1. The first-order valence-electron chi connectivity index (χ1n) is 10.5. The Bertz CT molecular complexity index is 1220. The van der Waals surface area contributed by atoms with Crippen LogP contribution >= 0.6 is 11.3 Å². The summed E-state index contributed by atoms with van der Waals surface area (Å²) in [4.78, 5) is 22.3. The van der Waals surface area contributed by atoms with Crippen molar-refractivity contribution in [2.45, 2.75) is 19.8 Å². The Labute approximate surface area is 180 Å². The maximum atomic E-state index is 13.0. The lowest BCUT2D eigenvalue weighted by Crippen LogP contribution is -2.48. The molecule has 30 heavy (non-hydrogen) atoms. The minimum atomic E-state index is 0.117. The van der Waals surface area contributed by atoms with Gasteiger partial charge in [-0.15, -0.1) is 0 Å². The zero-order valence-electron chi connectivity index (χ0n) is 17.3. The van der Waals surface area contributed by atoms with Crippen LogP contribution < -0.4 is 4.90 Å². The number of carbonyl (C=O) groups excluding carboxylic acids is 1. The van der Waals surface area contributed by atoms with E-state index in [4.69, 9.17) is 4.98 Å². The summed E-state index contributed by atoms with van der Waals surface area (Å²) in [6, 6.07) is 20.6. The van der Waals surface area contributed by atoms with Gasteiger partial charge in [0.15, 0.2) is 5.13 Å². The lowest BCUT2D eigenvalue weighted by atomic mass is 10.0. The van der Waals surface area contributed by atoms with Crippen LogP contribution in [-0.2, 0) is 0 Å². The number of amides is 1. The van der Waals surface area contributed by atoms with E-state index in [1.165, 1.54) is 10.3 Å². The van der Waals surface area contributed by atoms with Crippen molar-refractivity contribution in [3.63, 3.8) is 0 Å². The van der Waals surface area contributed by atoms with E-state index in [-0.39, 0.29) is 5.91 Å². The monoisotopic (exact) mass is 415 g/mol. The second kappa shape index (κ2) is 7.73. The molecule has 0 radical (unpaired) electrons. The number of hydrogen-bond acceptors (Lipinski definition) is 4. The number of thiazole rings is 1. The Morgan fingerprint density at radius 2 is 1.70 bits per heavy atom. The van der Waals surface area contributed by atoms with Gasteiger partial charge in [0, 0.05) is 31.7 Å². The second-order valence-corrected chi connectivity index (χ2v) is 9.20. The predicted octanol–water partition coefficient (Wildman–Crippen LogP) is 5.54. The van der Waals surface area contributed by atoms with E-state index >= 15 is 0 Å². The van der Waals surface area contributed by atoms with Crippen LogP contribution in [-0.4, -0.2) is 42.0 Å². The highest BCUT2D eigenvalue weighted by molar-refractivity contribution is 7.22. The molecule has 0 aliphatic carbocycles. The van der Waals surface area contributed by atoms with Crippen LogP contribution in [0, 0.1) is 0 Å². The fourth-order valence-corrected chi connectivity index (χ4v) is 5.22. The van der Waals surface area contributed by atoms with Gasteiger partial charge in [-0.3, -0.25) is 4.79 Å². The number of aromatic nitrogens is 1. The molecule has 4 aromatic rings. The van der Waals surface area contributed by atoms with E-state index in [1.54, 1.807) is 11.3 Å². The summed E-state index contributed by atoms with van der Waals surface area (Å²) in [5.41, 5.74) is 3.20.